The van der Waals surface area contributed by atoms with Gasteiger partial charge in [0.1, 0.15) is 0 Å². The van der Waals surface area contributed by atoms with E-state index in [1.54, 1.807) is 12.1 Å². The van der Waals surface area contributed by atoms with Crippen LogP contribution in [0.2, 0.25) is 0 Å². The first-order valence-corrected chi connectivity index (χ1v) is 9.01. The smallest absolute Gasteiger partial charge is 0.178 e. The van der Waals surface area contributed by atoms with E-state index in [0.717, 1.165) is 12.1 Å². The molecule has 0 spiro atoms. The van der Waals surface area contributed by atoms with E-state index in [1.165, 1.54) is 12.8 Å². The Bertz CT molecular complexity index is 537. The predicted octanol–water partition coefficient (Wildman–Crippen LogP) is 2.90. The molecule has 0 unspecified atom stereocenters. The molecule has 0 bridgehead atoms. The number of benzene rings is 1. The van der Waals surface area contributed by atoms with Gasteiger partial charge in [-0.25, -0.2) is 8.42 Å². The summed E-state index contributed by atoms with van der Waals surface area (Å²) in [6, 6.07) is 7.97. The first kappa shape index (κ1) is 15.5. The van der Waals surface area contributed by atoms with E-state index in [9.17, 15) is 8.42 Å². The van der Waals surface area contributed by atoms with E-state index >= 15 is 0 Å². The van der Waals surface area contributed by atoms with Crippen LogP contribution in [0, 0.1) is 0 Å². The third kappa shape index (κ3) is 4.32. The van der Waals surface area contributed by atoms with Crippen molar-refractivity contribution in [2.45, 2.75) is 56.4 Å². The van der Waals surface area contributed by atoms with Gasteiger partial charge in [0.05, 0.1) is 10.6 Å². The standard InChI is InChI=1S/C16H25NO2S/c1-16(2,3)13-5-9-15(10-6-13)20(18,19)12-4-11-17-14-7-8-14/h5-6,9-10,14,17H,4,7-8,11-12H2,1-3H3. The third-order valence-electron chi connectivity index (χ3n) is 3.68. The minimum absolute atomic E-state index is 0.0521. The van der Waals surface area contributed by atoms with Gasteiger partial charge >= 0.3 is 0 Å². The van der Waals surface area contributed by atoms with Crippen molar-refractivity contribution in [2.24, 2.45) is 0 Å². The second-order valence-corrected chi connectivity index (χ2v) is 8.78. The summed E-state index contributed by atoms with van der Waals surface area (Å²) >= 11 is 0. The van der Waals surface area contributed by atoms with Crippen molar-refractivity contribution in [3.05, 3.63) is 29.8 Å². The largest absolute Gasteiger partial charge is 0.314 e. The van der Waals surface area contributed by atoms with Gasteiger partial charge in [-0.15, -0.1) is 0 Å². The first-order chi connectivity index (χ1) is 9.29. The van der Waals surface area contributed by atoms with Crippen molar-refractivity contribution in [2.75, 3.05) is 12.3 Å². The third-order valence-corrected chi connectivity index (χ3v) is 5.50. The van der Waals surface area contributed by atoms with E-state index in [-0.39, 0.29) is 11.2 Å². The van der Waals surface area contributed by atoms with Crippen molar-refractivity contribution in [1.29, 1.82) is 0 Å². The van der Waals surface area contributed by atoms with Gasteiger partial charge in [0.2, 0.25) is 0 Å². The highest BCUT2D eigenvalue weighted by Gasteiger charge is 2.21. The molecule has 0 aromatic heterocycles. The van der Waals surface area contributed by atoms with Crippen molar-refractivity contribution < 1.29 is 8.42 Å². The maximum Gasteiger partial charge on any atom is 0.178 e. The molecule has 1 N–H and O–H groups in total. The van der Waals surface area contributed by atoms with Crippen LogP contribution in [0.15, 0.2) is 29.2 Å². The zero-order chi connectivity index (χ0) is 14.8. The van der Waals surface area contributed by atoms with Crippen LogP contribution in [0.1, 0.15) is 45.6 Å². The maximum atomic E-state index is 12.2. The molecule has 1 aliphatic carbocycles. The number of rotatable bonds is 6. The summed E-state index contributed by atoms with van der Waals surface area (Å²) in [4.78, 5) is 0.442. The molecule has 1 fully saturated rings. The second-order valence-electron chi connectivity index (χ2n) is 6.68. The van der Waals surface area contributed by atoms with Gasteiger partial charge < -0.3 is 5.32 Å². The van der Waals surface area contributed by atoms with Crippen LogP contribution in [0.4, 0.5) is 0 Å². The average Bonchev–Trinajstić information content (AvgIpc) is 3.18. The molecule has 1 aromatic carbocycles. The molecule has 112 valence electrons. The predicted molar refractivity (Wildman–Crippen MR) is 82.8 cm³/mol. The van der Waals surface area contributed by atoms with E-state index in [2.05, 4.69) is 26.1 Å². The first-order valence-electron chi connectivity index (χ1n) is 7.36. The summed E-state index contributed by atoms with van der Waals surface area (Å²) < 4.78 is 24.5. The van der Waals surface area contributed by atoms with Crippen LogP contribution in [0.25, 0.3) is 0 Å². The summed E-state index contributed by atoms with van der Waals surface area (Å²) in [5.74, 6) is 0.224. The van der Waals surface area contributed by atoms with Crippen molar-refractivity contribution in [3.63, 3.8) is 0 Å². The Balaban J connectivity index is 1.94. The summed E-state index contributed by atoms with van der Waals surface area (Å²) in [5, 5.41) is 3.35. The molecule has 0 amide bonds. The monoisotopic (exact) mass is 295 g/mol. The lowest BCUT2D eigenvalue weighted by atomic mass is 9.87. The lowest BCUT2D eigenvalue weighted by molar-refractivity contribution is 0.583. The maximum absolute atomic E-state index is 12.2. The molecule has 20 heavy (non-hydrogen) atoms. The summed E-state index contributed by atoms with van der Waals surface area (Å²) in [6.07, 6.45) is 3.15. The van der Waals surface area contributed by atoms with Gasteiger partial charge in [0.25, 0.3) is 0 Å². The Labute approximate surface area is 122 Å². The number of sulfone groups is 1. The van der Waals surface area contributed by atoms with E-state index < -0.39 is 9.84 Å². The minimum Gasteiger partial charge on any atom is -0.314 e. The van der Waals surface area contributed by atoms with Gasteiger partial charge in [0, 0.05) is 6.04 Å². The van der Waals surface area contributed by atoms with Crippen molar-refractivity contribution in [1.82, 2.24) is 5.32 Å². The van der Waals surface area contributed by atoms with Crippen molar-refractivity contribution in [3.8, 4) is 0 Å². The van der Waals surface area contributed by atoms with Gasteiger partial charge in [-0.1, -0.05) is 32.9 Å². The van der Waals surface area contributed by atoms with Gasteiger partial charge in [-0.3, -0.25) is 0 Å². The molecule has 2 rings (SSSR count). The van der Waals surface area contributed by atoms with Crippen LogP contribution < -0.4 is 5.32 Å². The molecule has 0 heterocycles. The minimum atomic E-state index is -3.14. The zero-order valence-corrected chi connectivity index (χ0v) is 13.5. The highest BCUT2D eigenvalue weighted by Crippen LogP contribution is 2.24. The molecular weight excluding hydrogens is 270 g/mol. The molecule has 0 atom stereocenters. The number of hydrogen-bond acceptors (Lipinski definition) is 3. The molecule has 0 radical (unpaired) electrons. The zero-order valence-electron chi connectivity index (χ0n) is 12.6. The fourth-order valence-corrected chi connectivity index (χ4v) is 3.45. The normalized spacial score (nSPS) is 16.4. The Morgan fingerprint density at radius 1 is 1.15 bits per heavy atom. The second kappa shape index (κ2) is 5.86. The Kier molecular flexibility index (Phi) is 4.55. The number of nitrogens with one attached hydrogen (secondary N) is 1. The van der Waals surface area contributed by atoms with Gasteiger partial charge in [0.15, 0.2) is 9.84 Å². The lowest BCUT2D eigenvalue weighted by Crippen LogP contribution is -2.20. The molecule has 1 aliphatic rings. The summed E-state index contributed by atoms with van der Waals surface area (Å²) in [7, 11) is -3.14. The number of hydrogen-bond donors (Lipinski definition) is 1. The van der Waals surface area contributed by atoms with Crippen LogP contribution in [0.3, 0.4) is 0 Å². The molecule has 1 aromatic rings. The topological polar surface area (TPSA) is 46.2 Å². The van der Waals surface area contributed by atoms with E-state index in [4.69, 9.17) is 0 Å². The quantitative estimate of drug-likeness (QED) is 0.821. The van der Waals surface area contributed by atoms with Crippen LogP contribution in [-0.4, -0.2) is 26.8 Å². The van der Waals surface area contributed by atoms with Crippen LogP contribution in [-0.2, 0) is 15.3 Å². The Morgan fingerprint density at radius 2 is 1.75 bits per heavy atom. The molecule has 1 saturated carbocycles. The molecule has 0 aliphatic heterocycles. The molecule has 3 nitrogen and oxygen atoms in total. The highest BCUT2D eigenvalue weighted by atomic mass is 32.2. The van der Waals surface area contributed by atoms with Gasteiger partial charge in [-0.2, -0.15) is 0 Å². The molecular formula is C16H25NO2S. The average molecular weight is 295 g/mol. The summed E-state index contributed by atoms with van der Waals surface area (Å²) in [6.45, 7) is 7.17. The van der Waals surface area contributed by atoms with E-state index in [1.807, 2.05) is 12.1 Å². The fourth-order valence-electron chi connectivity index (χ4n) is 2.14. The van der Waals surface area contributed by atoms with Gasteiger partial charge in [-0.05, 0) is 48.9 Å². The summed E-state index contributed by atoms with van der Waals surface area (Å²) in [5.41, 5.74) is 1.21. The molecule has 0 saturated heterocycles. The lowest BCUT2D eigenvalue weighted by Gasteiger charge is -2.19. The van der Waals surface area contributed by atoms with Crippen LogP contribution >= 0.6 is 0 Å². The highest BCUT2D eigenvalue weighted by molar-refractivity contribution is 7.91. The SMILES string of the molecule is CC(C)(C)c1ccc(S(=O)(=O)CCCNC2CC2)cc1. The van der Waals surface area contributed by atoms with Crippen LogP contribution in [0.5, 0.6) is 0 Å². The van der Waals surface area contributed by atoms with E-state index in [0.29, 0.717) is 17.4 Å². The fraction of sp³-hybridized carbons (Fsp3) is 0.625. The Hall–Kier alpha value is -0.870. The van der Waals surface area contributed by atoms with Crippen molar-refractivity contribution >= 4 is 9.84 Å². The molecule has 4 heteroatoms. The Morgan fingerprint density at radius 3 is 2.25 bits per heavy atom.